The highest BCUT2D eigenvalue weighted by Gasteiger charge is 2.36. The molecule has 2 nitrogen and oxygen atoms in total. The van der Waals surface area contributed by atoms with Gasteiger partial charge in [0.05, 0.1) is 0 Å². The van der Waals surface area contributed by atoms with Gasteiger partial charge in [-0.2, -0.15) is 0 Å². The molecule has 0 aromatic rings. The van der Waals surface area contributed by atoms with Gasteiger partial charge in [-0.25, -0.2) is 0 Å². The van der Waals surface area contributed by atoms with Crippen molar-refractivity contribution in [2.45, 2.75) is 102 Å². The second-order valence-electron chi connectivity index (χ2n) is 7.44. The number of aliphatic hydroxyl groups is 2. The highest BCUT2D eigenvalue weighted by Crippen LogP contribution is 2.36. The second kappa shape index (κ2) is 10.0. The molecule has 130 valence electrons. The number of terminal acetylenes is 2. The molecule has 3 atom stereocenters. The Morgan fingerprint density at radius 1 is 1.04 bits per heavy atom. The van der Waals surface area contributed by atoms with Crippen molar-refractivity contribution < 1.29 is 10.2 Å². The average Bonchev–Trinajstić information content (AvgIpc) is 2.55. The van der Waals surface area contributed by atoms with Gasteiger partial charge < -0.3 is 10.2 Å². The first-order chi connectivity index (χ1) is 10.9. The molecule has 1 aliphatic carbocycles. The Balaban J connectivity index is 2.02. The highest BCUT2D eigenvalue weighted by molar-refractivity contribution is 5.11. The summed E-state index contributed by atoms with van der Waals surface area (Å²) in [5.41, 5.74) is -1.78. The molecule has 0 heterocycles. The van der Waals surface area contributed by atoms with Gasteiger partial charge in [-0.15, -0.1) is 12.8 Å². The molecule has 0 aromatic heterocycles. The van der Waals surface area contributed by atoms with Crippen molar-refractivity contribution in [2.24, 2.45) is 5.92 Å². The molecule has 2 N–H and O–H groups in total. The summed E-state index contributed by atoms with van der Waals surface area (Å²) in [7, 11) is 0. The maximum absolute atomic E-state index is 10.5. The minimum atomic E-state index is -0.937. The molecule has 0 spiro atoms. The first kappa shape index (κ1) is 20.1. The van der Waals surface area contributed by atoms with Crippen LogP contribution in [0.25, 0.3) is 0 Å². The fourth-order valence-electron chi connectivity index (χ4n) is 3.62. The van der Waals surface area contributed by atoms with Crippen LogP contribution in [0.3, 0.4) is 0 Å². The summed E-state index contributed by atoms with van der Waals surface area (Å²) in [4.78, 5) is 0. The molecule has 1 fully saturated rings. The fraction of sp³-hybridized carbons (Fsp3) is 0.810. The van der Waals surface area contributed by atoms with E-state index in [9.17, 15) is 10.2 Å². The van der Waals surface area contributed by atoms with Crippen molar-refractivity contribution in [1.82, 2.24) is 0 Å². The van der Waals surface area contributed by atoms with Crippen LogP contribution in [-0.2, 0) is 0 Å². The summed E-state index contributed by atoms with van der Waals surface area (Å²) in [5.74, 6) is 5.37. The maximum atomic E-state index is 10.5. The minimum absolute atomic E-state index is 0.298. The van der Waals surface area contributed by atoms with E-state index in [0.29, 0.717) is 12.3 Å². The first-order valence-corrected chi connectivity index (χ1v) is 9.34. The Morgan fingerprint density at radius 3 is 2.26 bits per heavy atom. The van der Waals surface area contributed by atoms with Gasteiger partial charge >= 0.3 is 0 Å². The van der Waals surface area contributed by atoms with E-state index in [4.69, 9.17) is 12.8 Å². The topological polar surface area (TPSA) is 40.5 Å². The highest BCUT2D eigenvalue weighted by atomic mass is 16.3. The van der Waals surface area contributed by atoms with Crippen LogP contribution in [-0.4, -0.2) is 21.4 Å². The van der Waals surface area contributed by atoms with E-state index >= 15 is 0 Å². The van der Waals surface area contributed by atoms with Gasteiger partial charge in [-0.3, -0.25) is 0 Å². The Labute approximate surface area is 143 Å². The zero-order valence-corrected chi connectivity index (χ0v) is 14.8. The van der Waals surface area contributed by atoms with Gasteiger partial charge in [0.2, 0.25) is 0 Å². The van der Waals surface area contributed by atoms with Crippen molar-refractivity contribution in [2.75, 3.05) is 0 Å². The summed E-state index contributed by atoms with van der Waals surface area (Å²) in [6, 6.07) is 0. The lowest BCUT2D eigenvalue weighted by atomic mass is 9.73. The lowest BCUT2D eigenvalue weighted by molar-refractivity contribution is -0.000344. The van der Waals surface area contributed by atoms with Crippen molar-refractivity contribution in [3.8, 4) is 24.7 Å². The van der Waals surface area contributed by atoms with Crippen LogP contribution in [0.5, 0.6) is 0 Å². The summed E-state index contributed by atoms with van der Waals surface area (Å²) in [6.07, 6.45) is 24.9. The van der Waals surface area contributed by atoms with Crippen molar-refractivity contribution in [3.63, 3.8) is 0 Å². The summed E-state index contributed by atoms with van der Waals surface area (Å²) in [5, 5.41) is 20.2. The lowest BCUT2D eigenvalue weighted by Gasteiger charge is -2.36. The summed E-state index contributed by atoms with van der Waals surface area (Å²) in [6.45, 7) is 1.70. The summed E-state index contributed by atoms with van der Waals surface area (Å²) < 4.78 is 0. The van der Waals surface area contributed by atoms with Gasteiger partial charge in [-0.05, 0) is 51.4 Å². The third-order valence-corrected chi connectivity index (χ3v) is 5.31. The Morgan fingerprint density at radius 2 is 1.65 bits per heavy atom. The summed E-state index contributed by atoms with van der Waals surface area (Å²) >= 11 is 0. The van der Waals surface area contributed by atoms with Gasteiger partial charge in [-0.1, -0.05) is 56.8 Å². The van der Waals surface area contributed by atoms with E-state index < -0.39 is 11.2 Å². The predicted molar refractivity (Wildman–Crippen MR) is 96.8 cm³/mol. The van der Waals surface area contributed by atoms with Crippen LogP contribution in [0, 0.1) is 30.6 Å². The largest absolute Gasteiger partial charge is 0.378 e. The van der Waals surface area contributed by atoms with Crippen LogP contribution >= 0.6 is 0 Å². The number of hydrogen-bond acceptors (Lipinski definition) is 2. The molecule has 1 aliphatic rings. The predicted octanol–water partition coefficient (Wildman–Crippen LogP) is 4.44. The quantitative estimate of drug-likeness (QED) is 0.462. The van der Waals surface area contributed by atoms with Gasteiger partial charge in [0, 0.05) is 0 Å². The number of hydrogen-bond donors (Lipinski definition) is 2. The molecule has 0 aliphatic heterocycles. The van der Waals surface area contributed by atoms with E-state index in [1.54, 1.807) is 6.92 Å². The third-order valence-electron chi connectivity index (χ3n) is 5.31. The zero-order valence-electron chi connectivity index (χ0n) is 14.8. The van der Waals surface area contributed by atoms with Crippen LogP contribution in [0.4, 0.5) is 0 Å². The normalized spacial score (nSPS) is 26.9. The minimum Gasteiger partial charge on any atom is -0.378 e. The Kier molecular flexibility index (Phi) is 8.75. The molecule has 0 radical (unpaired) electrons. The molecule has 0 aromatic carbocycles. The molecule has 0 amide bonds. The van der Waals surface area contributed by atoms with Crippen LogP contribution in [0.15, 0.2) is 0 Å². The molecular weight excluding hydrogens is 284 g/mol. The third kappa shape index (κ3) is 7.43. The molecule has 1 rings (SSSR count). The molecular formula is C21H34O2. The first-order valence-electron chi connectivity index (χ1n) is 9.34. The van der Waals surface area contributed by atoms with Crippen LogP contribution in [0.1, 0.15) is 90.4 Å². The van der Waals surface area contributed by atoms with Crippen molar-refractivity contribution in [1.29, 1.82) is 0 Å². The van der Waals surface area contributed by atoms with E-state index in [1.165, 1.54) is 38.5 Å². The molecule has 2 heteroatoms. The van der Waals surface area contributed by atoms with E-state index in [2.05, 4.69) is 11.8 Å². The van der Waals surface area contributed by atoms with Crippen molar-refractivity contribution in [3.05, 3.63) is 0 Å². The molecule has 23 heavy (non-hydrogen) atoms. The SMILES string of the molecule is C#CC(C)(O)CCCCCCCCCC1CCCCC1(O)C#C. The monoisotopic (exact) mass is 318 g/mol. The van der Waals surface area contributed by atoms with Gasteiger partial charge in [0.15, 0.2) is 0 Å². The van der Waals surface area contributed by atoms with Gasteiger partial charge in [0.25, 0.3) is 0 Å². The maximum Gasteiger partial charge on any atom is 0.128 e. The van der Waals surface area contributed by atoms with E-state index in [0.717, 1.165) is 38.5 Å². The standard InChI is InChI=1S/C21H34O2/c1-4-20(3,22)17-13-10-8-6-7-9-11-15-19-16-12-14-18-21(19,23)5-2/h1-2,19,22-23H,6-18H2,3H3. The smallest absolute Gasteiger partial charge is 0.128 e. The van der Waals surface area contributed by atoms with E-state index in [1.807, 2.05) is 0 Å². The molecule has 3 unspecified atom stereocenters. The second-order valence-corrected chi connectivity index (χ2v) is 7.44. The fourth-order valence-corrected chi connectivity index (χ4v) is 3.62. The molecule has 0 bridgehead atoms. The molecule has 0 saturated heterocycles. The Hall–Kier alpha value is -0.960. The lowest BCUT2D eigenvalue weighted by Crippen LogP contribution is -2.39. The van der Waals surface area contributed by atoms with Crippen LogP contribution in [0.2, 0.25) is 0 Å². The van der Waals surface area contributed by atoms with Crippen molar-refractivity contribution >= 4 is 0 Å². The number of unbranched alkanes of at least 4 members (excludes halogenated alkanes) is 6. The molecule has 1 saturated carbocycles. The van der Waals surface area contributed by atoms with Gasteiger partial charge in [0.1, 0.15) is 11.2 Å². The zero-order chi connectivity index (χ0) is 17.2. The number of rotatable bonds is 10. The Bertz CT molecular complexity index is 413. The van der Waals surface area contributed by atoms with Crippen LogP contribution < -0.4 is 0 Å². The van der Waals surface area contributed by atoms with E-state index in [-0.39, 0.29) is 0 Å². The average molecular weight is 319 g/mol.